The number of para-hydroxylation sites is 1. The second kappa shape index (κ2) is 8.11. The molecule has 1 aromatic heterocycles. The number of ether oxygens (including phenoxy) is 2. The number of rotatable bonds is 6. The number of nitro benzene ring substituents is 1. The van der Waals surface area contributed by atoms with Gasteiger partial charge in [-0.1, -0.05) is 36.4 Å². The molecule has 4 aromatic rings. The summed E-state index contributed by atoms with van der Waals surface area (Å²) in [6.07, 6.45) is 4.37. The molecular formula is C33H30N2O6. The maximum absolute atomic E-state index is 11.6. The van der Waals surface area contributed by atoms with Crippen LogP contribution in [0.3, 0.4) is 0 Å². The van der Waals surface area contributed by atoms with E-state index in [1.54, 1.807) is 18.2 Å². The van der Waals surface area contributed by atoms with Crippen LogP contribution in [0.4, 0.5) is 5.69 Å². The van der Waals surface area contributed by atoms with E-state index in [0.717, 1.165) is 65.3 Å². The van der Waals surface area contributed by atoms with E-state index in [9.17, 15) is 15.2 Å². The number of hydrogen-bond acceptors (Lipinski definition) is 7. The molecule has 8 nitrogen and oxygen atoms in total. The predicted molar refractivity (Wildman–Crippen MR) is 150 cm³/mol. The molecule has 41 heavy (non-hydrogen) atoms. The number of fused-ring (bicyclic) bond motifs is 4. The van der Waals surface area contributed by atoms with E-state index in [1.807, 2.05) is 24.3 Å². The highest BCUT2D eigenvalue weighted by Crippen LogP contribution is 2.70. The van der Waals surface area contributed by atoms with Gasteiger partial charge in [0, 0.05) is 47.7 Å². The third-order valence-corrected chi connectivity index (χ3v) is 10.5. The van der Waals surface area contributed by atoms with Gasteiger partial charge in [0.05, 0.1) is 16.9 Å². The maximum atomic E-state index is 11.6. The van der Waals surface area contributed by atoms with Crippen molar-refractivity contribution in [3.63, 3.8) is 0 Å². The number of furan rings is 1. The van der Waals surface area contributed by atoms with Gasteiger partial charge in [0.25, 0.3) is 5.69 Å². The highest BCUT2D eigenvalue weighted by atomic mass is 16.6. The number of nitro groups is 1. The van der Waals surface area contributed by atoms with Gasteiger partial charge in [-0.3, -0.25) is 15.0 Å². The average Bonchev–Trinajstić information content (AvgIpc) is 3.62. The van der Waals surface area contributed by atoms with E-state index in [4.69, 9.17) is 13.9 Å². The van der Waals surface area contributed by atoms with Crippen LogP contribution >= 0.6 is 0 Å². The number of non-ortho nitro benzene ring substituents is 1. The van der Waals surface area contributed by atoms with Crippen molar-refractivity contribution >= 4 is 16.7 Å². The van der Waals surface area contributed by atoms with E-state index in [2.05, 4.69) is 17.0 Å². The molecule has 3 heterocycles. The standard InChI is InChI=1S/C33H30N2O6/c36-25-11-10-21-15-27-33(39-18-20-4-3-5-22(14-20)35(37)38)16-24-23-6-1-2-7-26(23)40-29(24)31-32(33,28(21)30(25)41-31)12-13-34(27)17-19-8-9-19/h1-7,10-11,14,19,27,31,36H,8-9,12-13,15-18H2/t27-,31+,32+,33-/m1/s1. The van der Waals surface area contributed by atoms with E-state index in [0.29, 0.717) is 12.2 Å². The van der Waals surface area contributed by atoms with Crippen molar-refractivity contribution in [2.45, 2.75) is 61.9 Å². The number of likely N-dealkylation sites (tertiary alicyclic amines) is 1. The zero-order valence-electron chi connectivity index (χ0n) is 22.5. The Morgan fingerprint density at radius 1 is 1.12 bits per heavy atom. The summed E-state index contributed by atoms with van der Waals surface area (Å²) in [4.78, 5) is 13.8. The van der Waals surface area contributed by atoms with Crippen LogP contribution in [0, 0.1) is 16.0 Å². The molecule has 3 aromatic carbocycles. The van der Waals surface area contributed by atoms with Crippen molar-refractivity contribution in [2.75, 3.05) is 13.1 Å². The smallest absolute Gasteiger partial charge is 0.269 e. The lowest BCUT2D eigenvalue weighted by Gasteiger charge is -2.64. The molecule has 5 aliphatic rings. The lowest BCUT2D eigenvalue weighted by Crippen LogP contribution is -2.75. The molecule has 1 spiro atoms. The lowest BCUT2D eigenvalue weighted by atomic mass is 9.49. The van der Waals surface area contributed by atoms with Gasteiger partial charge in [-0.2, -0.15) is 0 Å². The molecule has 2 fully saturated rings. The largest absolute Gasteiger partial charge is 0.504 e. The molecule has 4 atom stereocenters. The Kier molecular flexibility index (Phi) is 4.71. The summed E-state index contributed by atoms with van der Waals surface area (Å²) in [6, 6.07) is 18.8. The van der Waals surface area contributed by atoms with Gasteiger partial charge in [-0.15, -0.1) is 0 Å². The first kappa shape index (κ1) is 23.8. The van der Waals surface area contributed by atoms with Crippen LogP contribution in [-0.4, -0.2) is 39.7 Å². The summed E-state index contributed by atoms with van der Waals surface area (Å²) in [7, 11) is 0. The first-order valence-corrected chi connectivity index (χ1v) is 14.6. The van der Waals surface area contributed by atoms with E-state index >= 15 is 0 Å². The zero-order chi connectivity index (χ0) is 27.5. The van der Waals surface area contributed by atoms with Crippen LogP contribution in [0.2, 0.25) is 0 Å². The normalized spacial score (nSPS) is 29.2. The van der Waals surface area contributed by atoms with Gasteiger partial charge < -0.3 is 19.0 Å². The number of piperidine rings is 1. The summed E-state index contributed by atoms with van der Waals surface area (Å²) in [5.74, 6) is 2.26. The van der Waals surface area contributed by atoms with Crippen molar-refractivity contribution in [1.82, 2.24) is 4.90 Å². The summed E-state index contributed by atoms with van der Waals surface area (Å²) >= 11 is 0. The molecule has 208 valence electrons. The van der Waals surface area contributed by atoms with Crippen LogP contribution in [0.1, 0.15) is 53.4 Å². The van der Waals surface area contributed by atoms with Crippen molar-refractivity contribution in [1.29, 1.82) is 0 Å². The minimum atomic E-state index is -0.679. The molecule has 1 saturated carbocycles. The molecule has 0 radical (unpaired) electrons. The third kappa shape index (κ3) is 3.07. The highest BCUT2D eigenvalue weighted by molar-refractivity contribution is 5.84. The molecule has 1 saturated heterocycles. The van der Waals surface area contributed by atoms with Gasteiger partial charge >= 0.3 is 0 Å². The van der Waals surface area contributed by atoms with Crippen molar-refractivity contribution in [2.24, 2.45) is 5.92 Å². The van der Waals surface area contributed by atoms with E-state index in [1.165, 1.54) is 24.5 Å². The second-order valence-corrected chi connectivity index (χ2v) is 12.5. The van der Waals surface area contributed by atoms with E-state index < -0.39 is 17.1 Å². The fourth-order valence-electron chi connectivity index (χ4n) is 8.64. The van der Waals surface area contributed by atoms with Gasteiger partial charge in [0.15, 0.2) is 17.6 Å². The fourth-order valence-corrected chi connectivity index (χ4v) is 8.64. The van der Waals surface area contributed by atoms with Crippen LogP contribution in [0.25, 0.3) is 11.0 Å². The summed E-state index contributed by atoms with van der Waals surface area (Å²) in [6.45, 7) is 2.22. The van der Waals surface area contributed by atoms with Crippen molar-refractivity contribution in [3.05, 3.63) is 98.8 Å². The lowest BCUT2D eigenvalue weighted by molar-refractivity contribution is -0.385. The summed E-state index contributed by atoms with van der Waals surface area (Å²) < 4.78 is 20.7. The van der Waals surface area contributed by atoms with Crippen molar-refractivity contribution in [3.8, 4) is 11.5 Å². The minimum absolute atomic E-state index is 0.0624. The summed E-state index contributed by atoms with van der Waals surface area (Å²) in [5, 5.41) is 23.7. The van der Waals surface area contributed by atoms with Gasteiger partial charge in [-0.05, 0) is 61.4 Å². The van der Waals surface area contributed by atoms with Gasteiger partial charge in [0.1, 0.15) is 16.9 Å². The Bertz CT molecular complexity index is 1760. The molecular weight excluding hydrogens is 520 g/mol. The van der Waals surface area contributed by atoms with E-state index in [-0.39, 0.29) is 29.0 Å². The Hall–Kier alpha value is -3.88. The number of benzene rings is 3. The number of nitrogens with zero attached hydrogens (tertiary/aromatic N) is 2. The average molecular weight is 551 g/mol. The molecule has 0 amide bonds. The molecule has 2 bridgehead atoms. The highest BCUT2D eigenvalue weighted by Gasteiger charge is 2.74. The minimum Gasteiger partial charge on any atom is -0.504 e. The predicted octanol–water partition coefficient (Wildman–Crippen LogP) is 5.97. The van der Waals surface area contributed by atoms with Crippen LogP contribution < -0.4 is 4.74 Å². The third-order valence-electron chi connectivity index (χ3n) is 10.5. The van der Waals surface area contributed by atoms with Gasteiger partial charge in [-0.25, -0.2) is 0 Å². The first-order valence-electron chi connectivity index (χ1n) is 14.6. The molecule has 1 N–H and O–H groups in total. The molecule has 9 rings (SSSR count). The Morgan fingerprint density at radius 3 is 2.85 bits per heavy atom. The van der Waals surface area contributed by atoms with Crippen LogP contribution in [0.15, 0.2) is 65.1 Å². The SMILES string of the molecule is O=[N+]([O-])c1cccc(CO[C@@]23Cc4c(oc5ccccc45)[C@@H]4Oc5c(O)ccc6c5[C@@]42CCN(CC2CC2)[C@@H]3C6)c1. The van der Waals surface area contributed by atoms with Crippen LogP contribution in [0.5, 0.6) is 11.5 Å². The fraction of sp³-hybridized carbons (Fsp3) is 0.394. The number of aromatic hydroxyl groups is 1. The summed E-state index contributed by atoms with van der Waals surface area (Å²) in [5.41, 5.74) is 3.81. The Balaban J connectivity index is 1.28. The second-order valence-electron chi connectivity index (χ2n) is 12.5. The van der Waals surface area contributed by atoms with Crippen LogP contribution in [-0.2, 0) is 29.6 Å². The Labute approximate surface area is 236 Å². The molecule has 3 aliphatic carbocycles. The molecule has 0 unspecified atom stereocenters. The first-order chi connectivity index (χ1) is 20.0. The Morgan fingerprint density at radius 2 is 2.00 bits per heavy atom. The molecule has 2 aliphatic heterocycles. The number of phenols is 1. The zero-order valence-corrected chi connectivity index (χ0v) is 22.5. The quantitative estimate of drug-likeness (QED) is 0.233. The topological polar surface area (TPSA) is 98.2 Å². The molecule has 8 heteroatoms. The van der Waals surface area contributed by atoms with Gasteiger partial charge in [0.2, 0.25) is 0 Å². The number of hydrogen-bond donors (Lipinski definition) is 1. The monoisotopic (exact) mass is 550 g/mol. The van der Waals surface area contributed by atoms with Crippen molar-refractivity contribution < 1.29 is 23.9 Å². The maximum Gasteiger partial charge on any atom is 0.269 e. The number of phenolic OH excluding ortho intramolecular Hbond substituents is 1.